The number of urea groups is 1. The second kappa shape index (κ2) is 10.8. The zero-order valence-corrected chi connectivity index (χ0v) is 17.9. The molecule has 0 spiro atoms. The average molecular weight is 391 g/mol. The third-order valence-corrected chi connectivity index (χ3v) is 4.06. The first-order valence-corrected chi connectivity index (χ1v) is 9.81. The number of benzene rings is 1. The molecule has 0 fully saturated rings. The van der Waals surface area contributed by atoms with E-state index in [1.807, 2.05) is 51.1 Å². The highest BCUT2D eigenvalue weighted by molar-refractivity contribution is 5.88. The van der Waals surface area contributed by atoms with E-state index >= 15 is 0 Å². The number of hydrogen-bond donors (Lipinski definition) is 2. The fourth-order valence-corrected chi connectivity index (χ4v) is 2.69. The Morgan fingerprint density at radius 1 is 1.04 bits per heavy atom. The summed E-state index contributed by atoms with van der Waals surface area (Å²) < 4.78 is 5.38. The van der Waals surface area contributed by atoms with Gasteiger partial charge in [0.1, 0.15) is 11.6 Å². The van der Waals surface area contributed by atoms with Gasteiger partial charge in [0.15, 0.2) is 5.78 Å². The molecule has 0 saturated heterocycles. The number of nitrogens with one attached hydrogen (secondary N) is 2. The second-order valence-corrected chi connectivity index (χ2v) is 8.60. The van der Waals surface area contributed by atoms with Gasteiger partial charge in [-0.1, -0.05) is 51.1 Å². The molecule has 0 bridgehead atoms. The minimum absolute atomic E-state index is 0.0586. The molecule has 0 aliphatic heterocycles. The van der Waals surface area contributed by atoms with Crippen LogP contribution < -0.4 is 10.6 Å². The van der Waals surface area contributed by atoms with Gasteiger partial charge in [0.05, 0.1) is 6.54 Å². The first-order valence-electron chi connectivity index (χ1n) is 9.81. The van der Waals surface area contributed by atoms with Crippen molar-refractivity contribution < 1.29 is 19.1 Å². The average Bonchev–Trinajstić information content (AvgIpc) is 2.58. The highest BCUT2D eigenvalue weighted by Gasteiger charge is 2.27. The molecule has 6 heteroatoms. The fourth-order valence-electron chi connectivity index (χ4n) is 2.69. The van der Waals surface area contributed by atoms with Crippen LogP contribution in [-0.4, -0.2) is 36.0 Å². The van der Waals surface area contributed by atoms with Crippen LogP contribution in [0.15, 0.2) is 30.3 Å². The molecule has 6 nitrogen and oxygen atoms in total. The third-order valence-electron chi connectivity index (χ3n) is 4.06. The summed E-state index contributed by atoms with van der Waals surface area (Å²) in [6.45, 7) is 11.0. The van der Waals surface area contributed by atoms with Crippen molar-refractivity contribution in [1.29, 1.82) is 0 Å². The second-order valence-electron chi connectivity index (χ2n) is 8.60. The molecular formula is C22H34N2O4. The third kappa shape index (κ3) is 9.53. The van der Waals surface area contributed by atoms with E-state index in [4.69, 9.17) is 4.74 Å². The van der Waals surface area contributed by atoms with Crippen LogP contribution in [0.2, 0.25) is 0 Å². The molecule has 2 N–H and O–H groups in total. The maximum Gasteiger partial charge on any atom is 0.329 e. The number of ketones is 1. The Morgan fingerprint density at radius 2 is 1.64 bits per heavy atom. The zero-order valence-electron chi connectivity index (χ0n) is 17.9. The zero-order chi connectivity index (χ0) is 21.3. The smallest absolute Gasteiger partial charge is 0.329 e. The summed E-state index contributed by atoms with van der Waals surface area (Å²) in [7, 11) is 0. The van der Waals surface area contributed by atoms with E-state index in [0.29, 0.717) is 12.8 Å². The van der Waals surface area contributed by atoms with Crippen molar-refractivity contribution in [3.05, 3.63) is 35.9 Å². The van der Waals surface area contributed by atoms with Crippen LogP contribution >= 0.6 is 0 Å². The molecule has 2 amide bonds. The van der Waals surface area contributed by atoms with Crippen molar-refractivity contribution in [1.82, 2.24) is 10.6 Å². The molecular weight excluding hydrogens is 356 g/mol. The van der Waals surface area contributed by atoms with Crippen molar-refractivity contribution in [2.75, 3.05) is 6.54 Å². The van der Waals surface area contributed by atoms with Crippen molar-refractivity contribution >= 4 is 17.8 Å². The van der Waals surface area contributed by atoms with Crippen molar-refractivity contribution in [2.45, 2.75) is 66.0 Å². The van der Waals surface area contributed by atoms with Gasteiger partial charge in [-0.3, -0.25) is 4.79 Å². The minimum Gasteiger partial charge on any atom is -0.458 e. The van der Waals surface area contributed by atoms with E-state index in [0.717, 1.165) is 5.56 Å². The topological polar surface area (TPSA) is 84.5 Å². The van der Waals surface area contributed by atoms with Crippen LogP contribution in [0, 0.1) is 11.8 Å². The monoisotopic (exact) mass is 390 g/mol. The van der Waals surface area contributed by atoms with E-state index in [9.17, 15) is 14.4 Å². The molecule has 0 heterocycles. The molecule has 1 rings (SSSR count). The summed E-state index contributed by atoms with van der Waals surface area (Å²) in [6, 6.07) is 8.45. The van der Waals surface area contributed by atoms with Gasteiger partial charge in [0.2, 0.25) is 0 Å². The first kappa shape index (κ1) is 23.7. The summed E-state index contributed by atoms with van der Waals surface area (Å²) in [6.07, 6.45) is 1.08. The normalized spacial score (nSPS) is 13.5. The molecule has 2 atom stereocenters. The maximum absolute atomic E-state index is 12.3. The van der Waals surface area contributed by atoms with E-state index in [2.05, 4.69) is 10.6 Å². The van der Waals surface area contributed by atoms with Gasteiger partial charge >= 0.3 is 12.0 Å². The van der Waals surface area contributed by atoms with Crippen LogP contribution in [-0.2, 0) is 20.7 Å². The van der Waals surface area contributed by atoms with Crippen LogP contribution in [0.25, 0.3) is 0 Å². The molecule has 0 aliphatic carbocycles. The number of carbonyl (C=O) groups excluding carboxylic acids is 3. The SMILES string of the molecule is CC(C)C[C@H](NC(=O)NCC(=O)[C@@H](C)Cc1ccccc1)C(=O)OC(C)(C)C. The number of ether oxygens (including phenoxy) is 1. The number of carbonyl (C=O) groups is 3. The first-order chi connectivity index (χ1) is 13.0. The summed E-state index contributed by atoms with van der Waals surface area (Å²) in [5.41, 5.74) is 0.447. The number of rotatable bonds is 9. The Hall–Kier alpha value is -2.37. The lowest BCUT2D eigenvalue weighted by Gasteiger charge is -2.25. The van der Waals surface area contributed by atoms with Gasteiger partial charge in [-0.25, -0.2) is 9.59 Å². The Labute approximate surface area is 168 Å². The van der Waals surface area contributed by atoms with Gasteiger partial charge in [-0.2, -0.15) is 0 Å². The Bertz CT molecular complexity index is 650. The summed E-state index contributed by atoms with van der Waals surface area (Å²) in [4.78, 5) is 36.9. The molecule has 0 aromatic heterocycles. The predicted octanol–water partition coefficient (Wildman–Crippen LogP) is 3.49. The Morgan fingerprint density at radius 3 is 2.18 bits per heavy atom. The summed E-state index contributed by atoms with van der Waals surface area (Å²) >= 11 is 0. The predicted molar refractivity (Wildman–Crippen MR) is 110 cm³/mol. The molecule has 0 unspecified atom stereocenters. The summed E-state index contributed by atoms with van der Waals surface area (Å²) in [5.74, 6) is -0.540. The highest BCUT2D eigenvalue weighted by Crippen LogP contribution is 2.13. The lowest BCUT2D eigenvalue weighted by Crippen LogP contribution is -2.49. The quantitative estimate of drug-likeness (QED) is 0.632. The number of esters is 1. The van der Waals surface area contributed by atoms with Crippen LogP contribution in [0.4, 0.5) is 4.79 Å². The lowest BCUT2D eigenvalue weighted by molar-refractivity contribution is -0.157. The van der Waals surface area contributed by atoms with Crippen molar-refractivity contribution in [3.63, 3.8) is 0 Å². The Kier molecular flexibility index (Phi) is 9.16. The summed E-state index contributed by atoms with van der Waals surface area (Å²) in [5, 5.41) is 5.20. The van der Waals surface area contributed by atoms with Gasteiger partial charge < -0.3 is 15.4 Å². The molecule has 0 radical (unpaired) electrons. The largest absolute Gasteiger partial charge is 0.458 e. The van der Waals surface area contributed by atoms with E-state index in [-0.39, 0.29) is 24.2 Å². The molecule has 0 aliphatic rings. The van der Waals surface area contributed by atoms with Crippen LogP contribution in [0.1, 0.15) is 53.5 Å². The molecule has 0 saturated carbocycles. The fraction of sp³-hybridized carbons (Fsp3) is 0.591. The van der Waals surface area contributed by atoms with Crippen molar-refractivity contribution in [2.24, 2.45) is 11.8 Å². The molecule has 156 valence electrons. The molecule has 28 heavy (non-hydrogen) atoms. The van der Waals surface area contributed by atoms with Crippen LogP contribution in [0.3, 0.4) is 0 Å². The number of amides is 2. The van der Waals surface area contributed by atoms with Crippen molar-refractivity contribution in [3.8, 4) is 0 Å². The lowest BCUT2D eigenvalue weighted by atomic mass is 9.97. The van der Waals surface area contributed by atoms with Gasteiger partial charge in [0.25, 0.3) is 0 Å². The maximum atomic E-state index is 12.3. The number of hydrogen-bond acceptors (Lipinski definition) is 4. The van der Waals surface area contributed by atoms with Gasteiger partial charge in [0, 0.05) is 5.92 Å². The molecule has 1 aromatic carbocycles. The van der Waals surface area contributed by atoms with E-state index in [1.165, 1.54) is 0 Å². The van der Waals surface area contributed by atoms with E-state index in [1.54, 1.807) is 20.8 Å². The van der Waals surface area contributed by atoms with Gasteiger partial charge in [-0.15, -0.1) is 0 Å². The standard InChI is InChI=1S/C22H34N2O4/c1-15(2)12-18(20(26)28-22(4,5)6)24-21(27)23-14-19(25)16(3)13-17-10-8-7-9-11-17/h7-11,15-16,18H,12-14H2,1-6H3,(H2,23,24,27)/t16-,18-/m0/s1. The highest BCUT2D eigenvalue weighted by atomic mass is 16.6. The molecule has 1 aromatic rings. The minimum atomic E-state index is -0.754. The van der Waals surface area contributed by atoms with E-state index < -0.39 is 23.6 Å². The van der Waals surface area contributed by atoms with Gasteiger partial charge in [-0.05, 0) is 45.1 Å². The number of Topliss-reactive ketones (excluding diaryl/α,β-unsaturated/α-hetero) is 1. The Balaban J connectivity index is 2.54. The van der Waals surface area contributed by atoms with Crippen LogP contribution in [0.5, 0.6) is 0 Å².